The van der Waals surface area contributed by atoms with Gasteiger partial charge in [0.25, 0.3) is 0 Å². The van der Waals surface area contributed by atoms with Gasteiger partial charge in [-0.2, -0.15) is 0 Å². The summed E-state index contributed by atoms with van der Waals surface area (Å²) >= 11 is 0. The maximum atomic E-state index is 6.66. The average Bonchev–Trinajstić information content (AvgIpc) is 3.49. The van der Waals surface area contributed by atoms with Crippen LogP contribution < -0.4 is 4.74 Å². The number of fused-ring (bicyclic) bond motifs is 9. The molecule has 0 saturated carbocycles. The third-order valence-corrected chi connectivity index (χ3v) is 10.2. The predicted octanol–water partition coefficient (Wildman–Crippen LogP) is 11.6. The Labute approximate surface area is 291 Å². The Morgan fingerprint density at radius 2 is 0.920 bits per heavy atom. The molecule has 3 heteroatoms. The molecule has 1 aliphatic heterocycles. The highest BCUT2D eigenvalue weighted by molar-refractivity contribution is 5.89. The molecule has 0 radical (unpaired) electrons. The normalized spacial score (nSPS) is 13.1. The van der Waals surface area contributed by atoms with Crippen molar-refractivity contribution in [2.24, 2.45) is 0 Å². The minimum Gasteiger partial charge on any atom is -0.457 e. The topological polar surface area (TPSA) is 35.0 Å². The number of rotatable bonds is 4. The fourth-order valence-corrected chi connectivity index (χ4v) is 8.01. The van der Waals surface area contributed by atoms with Crippen LogP contribution in [0, 0.1) is 0 Å². The van der Waals surface area contributed by atoms with Crippen LogP contribution in [0.2, 0.25) is 0 Å². The van der Waals surface area contributed by atoms with Crippen molar-refractivity contribution in [2.45, 2.75) is 5.41 Å². The van der Waals surface area contributed by atoms with Gasteiger partial charge in [0, 0.05) is 33.4 Å². The quantitative estimate of drug-likeness (QED) is 0.192. The minimum atomic E-state index is -0.525. The van der Waals surface area contributed by atoms with Crippen molar-refractivity contribution in [1.29, 1.82) is 0 Å². The van der Waals surface area contributed by atoms with Crippen molar-refractivity contribution in [3.63, 3.8) is 0 Å². The van der Waals surface area contributed by atoms with Crippen molar-refractivity contribution >= 4 is 0 Å². The molecule has 1 spiro atoms. The Bertz CT molecular complexity index is 2530. The molecule has 6 aromatic carbocycles. The second kappa shape index (κ2) is 11.3. The number of nitrogens with zero attached hydrogens (tertiary/aromatic N) is 2. The molecule has 2 aliphatic rings. The largest absolute Gasteiger partial charge is 0.457 e. The van der Waals surface area contributed by atoms with Crippen molar-refractivity contribution in [3.05, 3.63) is 204 Å². The SMILES string of the molecule is c1ccc(-c2ccc(-c3cccc(-c4ccc5c(c4)C4(c6ccccc6O5)c5ccccc5-c5ccccc54)n3)c(-c3ccccc3)n2)cc1. The van der Waals surface area contributed by atoms with Crippen LogP contribution in [-0.2, 0) is 5.41 Å². The van der Waals surface area contributed by atoms with Gasteiger partial charge in [-0.25, -0.2) is 9.97 Å². The molecule has 0 amide bonds. The molecular formula is C47H30N2O. The zero-order chi connectivity index (χ0) is 33.1. The number of hydrogen-bond donors (Lipinski definition) is 0. The minimum absolute atomic E-state index is 0.525. The lowest BCUT2D eigenvalue weighted by Crippen LogP contribution is -2.32. The number of hydrogen-bond acceptors (Lipinski definition) is 3. The average molecular weight is 639 g/mol. The maximum absolute atomic E-state index is 6.66. The first-order valence-electron chi connectivity index (χ1n) is 17.0. The maximum Gasteiger partial charge on any atom is 0.132 e. The molecule has 234 valence electrons. The molecule has 50 heavy (non-hydrogen) atoms. The Kier molecular flexibility index (Phi) is 6.40. The van der Waals surface area contributed by atoms with E-state index in [2.05, 4.69) is 158 Å². The summed E-state index contributed by atoms with van der Waals surface area (Å²) in [6, 6.07) is 63.9. The number of pyridine rings is 2. The highest BCUT2D eigenvalue weighted by Crippen LogP contribution is 2.62. The molecule has 0 atom stereocenters. The van der Waals surface area contributed by atoms with Crippen molar-refractivity contribution in [3.8, 4) is 67.7 Å². The molecule has 0 unspecified atom stereocenters. The van der Waals surface area contributed by atoms with Crippen LogP contribution in [0.5, 0.6) is 11.5 Å². The van der Waals surface area contributed by atoms with Crippen molar-refractivity contribution in [2.75, 3.05) is 0 Å². The summed E-state index contributed by atoms with van der Waals surface area (Å²) in [6.45, 7) is 0. The monoisotopic (exact) mass is 638 g/mol. The van der Waals surface area contributed by atoms with Crippen LogP contribution in [0.4, 0.5) is 0 Å². The molecular weight excluding hydrogens is 609 g/mol. The van der Waals surface area contributed by atoms with Gasteiger partial charge < -0.3 is 4.74 Å². The highest BCUT2D eigenvalue weighted by Gasteiger charge is 2.51. The van der Waals surface area contributed by atoms with Gasteiger partial charge in [0.2, 0.25) is 0 Å². The van der Waals surface area contributed by atoms with E-state index < -0.39 is 5.41 Å². The van der Waals surface area contributed by atoms with Crippen LogP contribution in [0.1, 0.15) is 22.3 Å². The Balaban J connectivity index is 1.16. The second-order valence-electron chi connectivity index (χ2n) is 12.9. The molecule has 3 heterocycles. The first kappa shape index (κ1) is 28.4. The van der Waals surface area contributed by atoms with Gasteiger partial charge in [0.1, 0.15) is 11.5 Å². The first-order valence-corrected chi connectivity index (χ1v) is 17.0. The Hall–Kier alpha value is -6.58. The fourth-order valence-electron chi connectivity index (χ4n) is 8.01. The molecule has 0 fully saturated rings. The smallest absolute Gasteiger partial charge is 0.132 e. The molecule has 0 bridgehead atoms. The molecule has 3 nitrogen and oxygen atoms in total. The van der Waals surface area contributed by atoms with E-state index in [1.807, 2.05) is 24.3 Å². The van der Waals surface area contributed by atoms with Gasteiger partial charge in [-0.1, -0.05) is 133 Å². The number of ether oxygens (including phenoxy) is 1. The molecule has 2 aromatic heterocycles. The van der Waals surface area contributed by atoms with Gasteiger partial charge in [-0.15, -0.1) is 0 Å². The van der Waals surface area contributed by atoms with E-state index in [1.54, 1.807) is 0 Å². The van der Waals surface area contributed by atoms with E-state index in [9.17, 15) is 0 Å². The van der Waals surface area contributed by atoms with Gasteiger partial charge in [0.05, 0.1) is 28.2 Å². The lowest BCUT2D eigenvalue weighted by Gasteiger charge is -2.39. The first-order chi connectivity index (χ1) is 24.8. The third-order valence-electron chi connectivity index (χ3n) is 10.2. The Morgan fingerprint density at radius 3 is 1.66 bits per heavy atom. The van der Waals surface area contributed by atoms with E-state index in [0.29, 0.717) is 0 Å². The van der Waals surface area contributed by atoms with Crippen LogP contribution in [0.3, 0.4) is 0 Å². The van der Waals surface area contributed by atoms with E-state index in [-0.39, 0.29) is 0 Å². The Morgan fingerprint density at radius 1 is 0.340 bits per heavy atom. The summed E-state index contributed by atoms with van der Waals surface area (Å²) in [7, 11) is 0. The standard InChI is InChI=1S/C47H30N2O/c1-3-14-31(15-4-1)42-28-27-36(46(49-42)32-16-5-2-6-17-32)43-24-13-23-41(48-43)33-26-29-45-40(30-33)47(39-22-11-12-25-44(39)50-45)37-20-9-7-18-34(37)35-19-8-10-21-38(35)47/h1-30H. The third kappa shape index (κ3) is 4.23. The fraction of sp³-hybridized carbons (Fsp3) is 0.0213. The van der Waals surface area contributed by atoms with E-state index in [1.165, 1.54) is 22.3 Å². The van der Waals surface area contributed by atoms with Crippen molar-refractivity contribution in [1.82, 2.24) is 9.97 Å². The zero-order valence-electron chi connectivity index (χ0n) is 27.1. The van der Waals surface area contributed by atoms with Crippen LogP contribution >= 0.6 is 0 Å². The summed E-state index contributed by atoms with van der Waals surface area (Å²) in [6.07, 6.45) is 0. The molecule has 0 saturated heterocycles. The molecule has 1 aliphatic carbocycles. The summed E-state index contributed by atoms with van der Waals surface area (Å²) in [4.78, 5) is 10.5. The number of aromatic nitrogens is 2. The summed E-state index contributed by atoms with van der Waals surface area (Å²) < 4.78 is 6.66. The lowest BCUT2D eigenvalue weighted by atomic mass is 9.66. The van der Waals surface area contributed by atoms with Crippen molar-refractivity contribution < 1.29 is 4.74 Å². The second-order valence-corrected chi connectivity index (χ2v) is 12.9. The summed E-state index contributed by atoms with van der Waals surface area (Å²) in [5.41, 5.74) is 14.6. The predicted molar refractivity (Wildman–Crippen MR) is 201 cm³/mol. The summed E-state index contributed by atoms with van der Waals surface area (Å²) in [5.74, 6) is 1.75. The number of para-hydroxylation sites is 1. The van der Waals surface area contributed by atoms with Crippen LogP contribution in [0.25, 0.3) is 56.2 Å². The molecule has 10 rings (SSSR count). The highest BCUT2D eigenvalue weighted by atomic mass is 16.5. The molecule has 8 aromatic rings. The van der Waals surface area contributed by atoms with Crippen LogP contribution in [-0.4, -0.2) is 9.97 Å². The molecule has 0 N–H and O–H groups in total. The summed E-state index contributed by atoms with van der Waals surface area (Å²) in [5, 5.41) is 0. The van der Waals surface area contributed by atoms with Gasteiger partial charge in [-0.3, -0.25) is 0 Å². The van der Waals surface area contributed by atoms with E-state index in [0.717, 1.165) is 67.7 Å². The van der Waals surface area contributed by atoms with Gasteiger partial charge in [-0.05, 0) is 70.8 Å². The van der Waals surface area contributed by atoms with Crippen LogP contribution in [0.15, 0.2) is 182 Å². The van der Waals surface area contributed by atoms with Gasteiger partial charge >= 0.3 is 0 Å². The zero-order valence-corrected chi connectivity index (χ0v) is 27.1. The van der Waals surface area contributed by atoms with Gasteiger partial charge in [0.15, 0.2) is 0 Å². The lowest BCUT2D eigenvalue weighted by molar-refractivity contribution is 0.436. The number of benzene rings is 6. The van der Waals surface area contributed by atoms with E-state index >= 15 is 0 Å². The van der Waals surface area contributed by atoms with E-state index in [4.69, 9.17) is 14.7 Å².